The summed E-state index contributed by atoms with van der Waals surface area (Å²) in [5.74, 6) is 0.763. The number of benzene rings is 2. The molecule has 0 radical (unpaired) electrons. The van der Waals surface area contributed by atoms with Crippen LogP contribution in [0.4, 0.5) is 15.2 Å². The monoisotopic (exact) mass is 452 g/mol. The minimum Gasteiger partial charge on any atom is -0.361 e. The third-order valence-electron chi connectivity index (χ3n) is 4.97. The summed E-state index contributed by atoms with van der Waals surface area (Å²) in [4.78, 5) is 16.5. The summed E-state index contributed by atoms with van der Waals surface area (Å²) in [6.45, 7) is 0.766. The van der Waals surface area contributed by atoms with Crippen molar-refractivity contribution in [2.75, 3.05) is 17.6 Å². The molecule has 3 heterocycles. The number of imidazole rings is 1. The number of fused-ring (bicyclic) bond motifs is 1. The first-order valence-corrected chi connectivity index (χ1v) is 11.9. The lowest BCUT2D eigenvalue weighted by Crippen LogP contribution is -2.28. The Morgan fingerprint density at radius 2 is 2.10 bits per heavy atom. The van der Waals surface area contributed by atoms with Gasteiger partial charge >= 0.3 is 0 Å². The molecule has 1 aliphatic heterocycles. The molecule has 0 amide bonds. The first-order valence-electron chi connectivity index (χ1n) is 10.1. The maximum atomic E-state index is 13.3. The Bertz CT molecular complexity index is 1190. The van der Waals surface area contributed by atoms with Gasteiger partial charge in [0, 0.05) is 31.0 Å². The van der Waals surface area contributed by atoms with E-state index >= 15 is 0 Å². The molecule has 6 nitrogen and oxygen atoms in total. The summed E-state index contributed by atoms with van der Waals surface area (Å²) < 4.78 is 14.2. The second-order valence-corrected chi connectivity index (χ2v) is 9.35. The van der Waals surface area contributed by atoms with Crippen molar-refractivity contribution in [1.82, 2.24) is 20.3 Å². The molecule has 158 valence electrons. The van der Waals surface area contributed by atoms with Crippen LogP contribution in [0, 0.1) is 5.82 Å². The molecule has 5 rings (SSSR count). The summed E-state index contributed by atoms with van der Waals surface area (Å²) in [7, 11) is 0. The molecule has 1 aliphatic rings. The van der Waals surface area contributed by atoms with Crippen molar-refractivity contribution in [2.24, 2.45) is 4.99 Å². The van der Waals surface area contributed by atoms with Crippen LogP contribution in [0.2, 0.25) is 0 Å². The Hall–Kier alpha value is -2.91. The van der Waals surface area contributed by atoms with E-state index in [0.717, 1.165) is 57.0 Å². The molecule has 1 fully saturated rings. The van der Waals surface area contributed by atoms with E-state index in [2.05, 4.69) is 37.7 Å². The van der Waals surface area contributed by atoms with Crippen molar-refractivity contribution >= 4 is 49.3 Å². The molecule has 1 atom stereocenters. The zero-order chi connectivity index (χ0) is 21.0. The van der Waals surface area contributed by atoms with Gasteiger partial charge in [0.05, 0.1) is 27.9 Å². The highest BCUT2D eigenvalue weighted by molar-refractivity contribution is 8.14. The maximum Gasteiger partial charge on any atom is 0.183 e. The molecule has 31 heavy (non-hydrogen) atoms. The lowest BCUT2D eigenvalue weighted by atomic mass is 10.1. The number of hydrogen-bond acceptors (Lipinski definition) is 6. The third-order valence-corrected chi connectivity index (χ3v) is 6.99. The average molecular weight is 453 g/mol. The largest absolute Gasteiger partial charge is 0.361 e. The highest BCUT2D eigenvalue weighted by Gasteiger charge is 2.21. The summed E-state index contributed by atoms with van der Waals surface area (Å²) in [5.41, 5.74) is 4.06. The van der Waals surface area contributed by atoms with Crippen LogP contribution in [0.5, 0.6) is 0 Å². The first-order chi connectivity index (χ1) is 15.2. The molecule has 0 aliphatic carbocycles. The van der Waals surface area contributed by atoms with Crippen LogP contribution < -0.4 is 10.6 Å². The van der Waals surface area contributed by atoms with E-state index in [9.17, 15) is 4.39 Å². The molecular weight excluding hydrogens is 431 g/mol. The number of aliphatic imine (C=N–C) groups is 1. The minimum atomic E-state index is -0.231. The number of amidine groups is 1. The number of nitrogens with one attached hydrogen (secondary N) is 3. The lowest BCUT2D eigenvalue weighted by molar-refractivity contribution is 0.630. The SMILES string of the molecule is Fc1ccc2nc(NCCc3ccc(/N=C4/N[C@@H](Cc5c[nH]cn5)CS4)cc3)sc2c1. The average Bonchev–Trinajstić information content (AvgIpc) is 3.51. The van der Waals surface area contributed by atoms with Gasteiger partial charge in [-0.25, -0.2) is 19.4 Å². The van der Waals surface area contributed by atoms with Crippen LogP contribution in [0.25, 0.3) is 10.2 Å². The van der Waals surface area contributed by atoms with E-state index < -0.39 is 0 Å². The first kappa shape index (κ1) is 20.0. The van der Waals surface area contributed by atoms with Crippen LogP contribution in [-0.4, -0.2) is 38.5 Å². The van der Waals surface area contributed by atoms with Gasteiger partial charge in [0.1, 0.15) is 5.82 Å². The number of thioether (sulfide) groups is 1. The summed E-state index contributed by atoms with van der Waals surface area (Å²) >= 11 is 3.22. The molecule has 3 N–H and O–H groups in total. The van der Waals surface area contributed by atoms with Crippen molar-refractivity contribution in [3.8, 4) is 0 Å². The zero-order valence-corrected chi connectivity index (χ0v) is 18.3. The lowest BCUT2D eigenvalue weighted by Gasteiger charge is -2.07. The number of aromatic amines is 1. The molecule has 2 aromatic carbocycles. The Morgan fingerprint density at radius 3 is 2.94 bits per heavy atom. The normalized spacial score (nSPS) is 17.3. The Kier molecular flexibility index (Phi) is 5.86. The third kappa shape index (κ3) is 5.05. The number of nitrogens with zero attached hydrogens (tertiary/aromatic N) is 3. The fraction of sp³-hybridized carbons (Fsp3) is 0.227. The fourth-order valence-electron chi connectivity index (χ4n) is 3.41. The Labute approximate surface area is 187 Å². The molecule has 0 bridgehead atoms. The van der Waals surface area contributed by atoms with E-state index in [1.165, 1.54) is 29.0 Å². The molecule has 0 spiro atoms. The van der Waals surface area contributed by atoms with E-state index in [4.69, 9.17) is 4.99 Å². The van der Waals surface area contributed by atoms with E-state index in [0.29, 0.717) is 6.04 Å². The van der Waals surface area contributed by atoms with Gasteiger partial charge in [-0.1, -0.05) is 35.2 Å². The topological polar surface area (TPSA) is 78.0 Å². The number of anilines is 1. The molecule has 0 unspecified atom stereocenters. The number of H-pyrrole nitrogens is 1. The van der Waals surface area contributed by atoms with E-state index in [1.54, 1.807) is 24.2 Å². The van der Waals surface area contributed by atoms with Crippen molar-refractivity contribution in [3.05, 3.63) is 72.1 Å². The molecule has 9 heteroatoms. The van der Waals surface area contributed by atoms with Gasteiger partial charge < -0.3 is 15.6 Å². The standard InChI is InChI=1S/C22H21FN6S2/c23-15-3-6-19-20(9-15)31-21(29-19)25-8-7-14-1-4-16(5-2-14)27-22-28-18(12-30-22)10-17-11-24-13-26-17/h1-6,9,11,13,18H,7-8,10,12H2,(H,24,26)(H,25,29)(H,27,28)/t18-/m0/s1. The highest BCUT2D eigenvalue weighted by Crippen LogP contribution is 2.26. The number of hydrogen-bond donors (Lipinski definition) is 3. The molecule has 4 aromatic rings. The highest BCUT2D eigenvalue weighted by atomic mass is 32.2. The van der Waals surface area contributed by atoms with Crippen molar-refractivity contribution in [1.29, 1.82) is 0 Å². The molecular formula is C22H21FN6S2. The number of aromatic nitrogens is 3. The van der Waals surface area contributed by atoms with Crippen molar-refractivity contribution in [3.63, 3.8) is 0 Å². The van der Waals surface area contributed by atoms with Gasteiger partial charge in [-0.05, 0) is 42.3 Å². The van der Waals surface area contributed by atoms with Gasteiger partial charge in [-0.3, -0.25) is 0 Å². The van der Waals surface area contributed by atoms with Crippen LogP contribution in [-0.2, 0) is 12.8 Å². The predicted octanol–water partition coefficient (Wildman–Crippen LogP) is 4.75. The van der Waals surface area contributed by atoms with Crippen molar-refractivity contribution in [2.45, 2.75) is 18.9 Å². The summed E-state index contributed by atoms with van der Waals surface area (Å²) in [6.07, 6.45) is 5.42. The number of halogens is 1. The summed E-state index contributed by atoms with van der Waals surface area (Å²) in [6, 6.07) is 13.3. The predicted molar refractivity (Wildman–Crippen MR) is 127 cm³/mol. The van der Waals surface area contributed by atoms with Crippen molar-refractivity contribution < 1.29 is 4.39 Å². The van der Waals surface area contributed by atoms with Gasteiger partial charge in [-0.2, -0.15) is 0 Å². The van der Waals surface area contributed by atoms with Gasteiger partial charge in [0.2, 0.25) is 0 Å². The second-order valence-electron chi connectivity index (χ2n) is 7.31. The Morgan fingerprint density at radius 1 is 1.19 bits per heavy atom. The second kappa shape index (κ2) is 9.07. The maximum absolute atomic E-state index is 13.3. The van der Waals surface area contributed by atoms with Crippen LogP contribution in [0.3, 0.4) is 0 Å². The summed E-state index contributed by atoms with van der Waals surface area (Å²) in [5, 5.41) is 8.59. The number of rotatable bonds is 7. The minimum absolute atomic E-state index is 0.231. The van der Waals surface area contributed by atoms with Gasteiger partial charge in [0.15, 0.2) is 10.3 Å². The van der Waals surface area contributed by atoms with Crippen LogP contribution >= 0.6 is 23.1 Å². The molecule has 0 saturated carbocycles. The van der Waals surface area contributed by atoms with Crippen LogP contribution in [0.1, 0.15) is 11.3 Å². The molecule has 2 aromatic heterocycles. The molecule has 1 saturated heterocycles. The van der Waals surface area contributed by atoms with E-state index in [1.807, 2.05) is 18.3 Å². The Balaban J connectivity index is 1.12. The quantitative estimate of drug-likeness (QED) is 0.377. The number of thiazole rings is 1. The van der Waals surface area contributed by atoms with Crippen LogP contribution in [0.15, 0.2) is 60.0 Å². The van der Waals surface area contributed by atoms with E-state index in [-0.39, 0.29) is 5.82 Å². The smallest absolute Gasteiger partial charge is 0.183 e. The van der Waals surface area contributed by atoms with Gasteiger partial charge in [-0.15, -0.1) is 0 Å². The fourth-order valence-corrected chi connectivity index (χ4v) is 5.31. The van der Waals surface area contributed by atoms with Gasteiger partial charge in [0.25, 0.3) is 0 Å². The zero-order valence-electron chi connectivity index (χ0n) is 16.6.